The summed E-state index contributed by atoms with van der Waals surface area (Å²) in [4.78, 5) is 13.6. The second-order valence-corrected chi connectivity index (χ2v) is 11.9. The predicted octanol–water partition coefficient (Wildman–Crippen LogP) is 6.19. The van der Waals surface area contributed by atoms with Crippen molar-refractivity contribution in [3.05, 3.63) is 44.6 Å². The molecule has 0 bridgehead atoms. The molecule has 4 heteroatoms. The number of fused-ring (bicyclic) bond motifs is 5. The van der Waals surface area contributed by atoms with E-state index in [2.05, 4.69) is 60.7 Å². The maximum absolute atomic E-state index is 13.6. The maximum atomic E-state index is 13.6. The number of aliphatic hydroxyl groups is 1. The normalized spacial score (nSPS) is 40.7. The standard InChI is InChI=1S/C27H33IO3/c1-26-10-8-19(29)15-18(26)5-6-20-21(26)9-11-27(2)22(20)14-17(25(27)30)12-16-4-7-24(31-3)23(28)13-16/h4-5,7,12-13,19-22,29H,6,8-11,14-15H2,1-3H3/t19-,20+,21-,22-,26-,27-/m0/s1. The highest BCUT2D eigenvalue weighted by Crippen LogP contribution is 2.64. The minimum atomic E-state index is -0.220. The number of ether oxygens (including phenoxy) is 1. The Kier molecular flexibility index (Phi) is 5.40. The Morgan fingerprint density at radius 2 is 1.90 bits per heavy atom. The van der Waals surface area contributed by atoms with Crippen LogP contribution in [0.5, 0.6) is 5.75 Å². The number of methoxy groups -OCH3 is 1. The Balaban J connectivity index is 1.46. The van der Waals surface area contributed by atoms with Crippen LogP contribution in [0.2, 0.25) is 0 Å². The molecule has 0 heterocycles. The molecular formula is C27H33IO3. The van der Waals surface area contributed by atoms with Gasteiger partial charge in [-0.05, 0) is 120 Å². The summed E-state index contributed by atoms with van der Waals surface area (Å²) in [5, 5.41) is 10.2. The monoisotopic (exact) mass is 532 g/mol. The molecule has 0 radical (unpaired) electrons. The van der Waals surface area contributed by atoms with Crippen LogP contribution < -0.4 is 4.74 Å². The van der Waals surface area contributed by atoms with Gasteiger partial charge in [-0.25, -0.2) is 0 Å². The molecule has 0 saturated heterocycles. The third-order valence-corrected chi connectivity index (χ3v) is 10.1. The van der Waals surface area contributed by atoms with Crippen molar-refractivity contribution >= 4 is 34.5 Å². The zero-order chi connectivity index (χ0) is 22.0. The summed E-state index contributed by atoms with van der Waals surface area (Å²) in [5.41, 5.74) is 3.58. The summed E-state index contributed by atoms with van der Waals surface area (Å²) >= 11 is 2.29. The molecule has 3 fully saturated rings. The lowest BCUT2D eigenvalue weighted by Gasteiger charge is -2.56. The number of hydrogen-bond acceptors (Lipinski definition) is 3. The van der Waals surface area contributed by atoms with Gasteiger partial charge in [0.05, 0.1) is 16.8 Å². The lowest BCUT2D eigenvalue weighted by atomic mass is 9.48. The van der Waals surface area contributed by atoms with Gasteiger partial charge in [0.25, 0.3) is 0 Å². The highest BCUT2D eigenvalue weighted by molar-refractivity contribution is 14.1. The van der Waals surface area contributed by atoms with Gasteiger partial charge in [-0.1, -0.05) is 31.6 Å². The Morgan fingerprint density at radius 3 is 2.65 bits per heavy atom. The molecule has 1 N–H and O–H groups in total. The molecule has 3 nitrogen and oxygen atoms in total. The van der Waals surface area contributed by atoms with Crippen LogP contribution in [0.25, 0.3) is 6.08 Å². The van der Waals surface area contributed by atoms with Gasteiger partial charge < -0.3 is 9.84 Å². The largest absolute Gasteiger partial charge is 0.496 e. The van der Waals surface area contributed by atoms with Crippen molar-refractivity contribution in [2.24, 2.45) is 28.6 Å². The fourth-order valence-corrected chi connectivity index (χ4v) is 8.17. The SMILES string of the molecule is COc1ccc(C=C2C[C@H]3[C@@H]4CC=C5C[C@@H](O)CC[C@]5(C)[C@H]4CC[C@]3(C)C2=O)cc1I. The number of benzene rings is 1. The van der Waals surface area contributed by atoms with E-state index in [1.807, 2.05) is 6.07 Å². The van der Waals surface area contributed by atoms with E-state index in [0.29, 0.717) is 23.5 Å². The van der Waals surface area contributed by atoms with E-state index < -0.39 is 0 Å². The van der Waals surface area contributed by atoms with Crippen molar-refractivity contribution < 1.29 is 14.6 Å². The average molecular weight is 532 g/mol. The second kappa shape index (κ2) is 7.72. The van der Waals surface area contributed by atoms with E-state index in [9.17, 15) is 9.90 Å². The summed E-state index contributed by atoms with van der Waals surface area (Å²) in [7, 11) is 1.69. The first-order valence-electron chi connectivity index (χ1n) is 11.7. The summed E-state index contributed by atoms with van der Waals surface area (Å²) < 4.78 is 6.46. The number of Topliss-reactive ketones (excluding diaryl/α,β-unsaturated/α-hetero) is 1. The minimum Gasteiger partial charge on any atom is -0.496 e. The molecule has 0 spiro atoms. The number of carbonyl (C=O) groups excluding carboxylic acids is 1. The zero-order valence-corrected chi connectivity index (χ0v) is 20.9. The lowest BCUT2D eigenvalue weighted by Crippen LogP contribution is -2.50. The highest BCUT2D eigenvalue weighted by atomic mass is 127. The van der Waals surface area contributed by atoms with Crippen LogP contribution in [-0.2, 0) is 4.79 Å². The number of allylic oxidation sites excluding steroid dienone is 2. The molecule has 4 aliphatic carbocycles. The Labute approximate surface area is 199 Å². The Morgan fingerprint density at radius 1 is 1.13 bits per heavy atom. The minimum absolute atomic E-state index is 0.167. The summed E-state index contributed by atoms with van der Waals surface area (Å²) in [6.45, 7) is 4.68. The molecule has 0 amide bonds. The van der Waals surface area contributed by atoms with Crippen molar-refractivity contribution in [1.29, 1.82) is 0 Å². The first-order chi connectivity index (χ1) is 14.8. The number of halogens is 1. The van der Waals surface area contributed by atoms with Crippen LogP contribution in [0, 0.1) is 32.2 Å². The number of ketones is 1. The van der Waals surface area contributed by atoms with E-state index in [1.54, 1.807) is 7.11 Å². The summed E-state index contributed by atoms with van der Waals surface area (Å²) in [6, 6.07) is 6.15. The fraction of sp³-hybridized carbons (Fsp3) is 0.593. The van der Waals surface area contributed by atoms with Crippen LogP contribution in [0.3, 0.4) is 0 Å². The molecule has 1 aromatic carbocycles. The molecule has 0 unspecified atom stereocenters. The van der Waals surface area contributed by atoms with Crippen LogP contribution in [-0.4, -0.2) is 24.1 Å². The molecule has 1 aromatic rings. The Hall–Kier alpha value is -1.14. The molecule has 3 saturated carbocycles. The predicted molar refractivity (Wildman–Crippen MR) is 132 cm³/mol. The van der Waals surface area contributed by atoms with Gasteiger partial charge in [-0.15, -0.1) is 0 Å². The van der Waals surface area contributed by atoms with E-state index in [1.165, 1.54) is 5.57 Å². The van der Waals surface area contributed by atoms with Crippen molar-refractivity contribution in [2.45, 2.75) is 64.9 Å². The molecule has 6 atom stereocenters. The maximum Gasteiger partial charge on any atom is 0.165 e. The number of hydrogen-bond donors (Lipinski definition) is 1. The van der Waals surface area contributed by atoms with E-state index in [-0.39, 0.29) is 16.9 Å². The summed E-state index contributed by atoms with van der Waals surface area (Å²) in [6.07, 6.45) is 11.4. The quantitative estimate of drug-likeness (QED) is 0.281. The van der Waals surface area contributed by atoms with E-state index >= 15 is 0 Å². The zero-order valence-electron chi connectivity index (χ0n) is 18.8. The second-order valence-electron chi connectivity index (χ2n) is 10.7. The molecule has 166 valence electrons. The van der Waals surface area contributed by atoms with Gasteiger partial charge in [-0.3, -0.25) is 4.79 Å². The van der Waals surface area contributed by atoms with E-state index in [4.69, 9.17) is 4.74 Å². The molecule has 31 heavy (non-hydrogen) atoms. The first-order valence-corrected chi connectivity index (χ1v) is 12.8. The van der Waals surface area contributed by atoms with E-state index in [0.717, 1.165) is 65.4 Å². The van der Waals surface area contributed by atoms with Crippen LogP contribution >= 0.6 is 22.6 Å². The number of aliphatic hydroxyl groups excluding tert-OH is 1. The van der Waals surface area contributed by atoms with Crippen LogP contribution in [0.1, 0.15) is 64.4 Å². The summed E-state index contributed by atoms with van der Waals surface area (Å²) in [5.74, 6) is 2.91. The number of rotatable bonds is 2. The molecule has 0 aromatic heterocycles. The molecule has 4 aliphatic rings. The van der Waals surface area contributed by atoms with Gasteiger partial charge in [0.2, 0.25) is 0 Å². The van der Waals surface area contributed by atoms with Gasteiger partial charge in [0.15, 0.2) is 5.78 Å². The molecule has 0 aliphatic heterocycles. The molecule has 5 rings (SSSR count). The van der Waals surface area contributed by atoms with Gasteiger partial charge >= 0.3 is 0 Å². The van der Waals surface area contributed by atoms with Gasteiger partial charge in [-0.2, -0.15) is 0 Å². The third-order valence-electron chi connectivity index (χ3n) is 9.23. The van der Waals surface area contributed by atoms with Crippen LogP contribution in [0.15, 0.2) is 35.4 Å². The van der Waals surface area contributed by atoms with Crippen molar-refractivity contribution in [3.63, 3.8) is 0 Å². The van der Waals surface area contributed by atoms with Crippen molar-refractivity contribution in [2.75, 3.05) is 7.11 Å². The first kappa shape index (κ1) is 21.7. The topological polar surface area (TPSA) is 46.5 Å². The van der Waals surface area contributed by atoms with Crippen molar-refractivity contribution in [3.8, 4) is 5.75 Å². The average Bonchev–Trinajstić information content (AvgIpc) is 2.99. The number of carbonyl (C=O) groups is 1. The third kappa shape index (κ3) is 3.35. The Bertz CT molecular complexity index is 979. The molecular weight excluding hydrogens is 499 g/mol. The van der Waals surface area contributed by atoms with Crippen LogP contribution in [0.4, 0.5) is 0 Å². The van der Waals surface area contributed by atoms with Crippen molar-refractivity contribution in [1.82, 2.24) is 0 Å². The highest BCUT2D eigenvalue weighted by Gasteiger charge is 2.59. The van der Waals surface area contributed by atoms with Gasteiger partial charge in [0, 0.05) is 5.41 Å². The fourth-order valence-electron chi connectivity index (χ4n) is 7.41. The smallest absolute Gasteiger partial charge is 0.165 e. The van der Waals surface area contributed by atoms with Gasteiger partial charge in [0.1, 0.15) is 5.75 Å². The lowest BCUT2D eigenvalue weighted by molar-refractivity contribution is -0.130.